The van der Waals surface area contributed by atoms with E-state index in [-0.39, 0.29) is 5.15 Å². The number of anilines is 1. The predicted molar refractivity (Wildman–Crippen MR) is 86.9 cm³/mol. The Morgan fingerprint density at radius 1 is 1.32 bits per heavy atom. The van der Waals surface area contributed by atoms with E-state index in [1.54, 1.807) is 0 Å². The minimum atomic E-state index is 0.174. The monoisotopic (exact) mass is 317 g/mol. The fourth-order valence-electron chi connectivity index (χ4n) is 3.03. The number of hydrogen-bond acceptors (Lipinski definition) is 5. The van der Waals surface area contributed by atoms with Crippen LogP contribution in [0, 0.1) is 22.7 Å². The van der Waals surface area contributed by atoms with Crippen LogP contribution in [-0.4, -0.2) is 30.7 Å². The minimum Gasteiger partial charge on any atom is -0.357 e. The number of halogens is 1. The zero-order valence-electron chi connectivity index (χ0n) is 13.1. The van der Waals surface area contributed by atoms with Crippen molar-refractivity contribution in [2.24, 2.45) is 0 Å². The molecule has 0 spiro atoms. The van der Waals surface area contributed by atoms with Crippen LogP contribution in [0.2, 0.25) is 5.15 Å². The van der Waals surface area contributed by atoms with Gasteiger partial charge in [0.05, 0.1) is 11.1 Å². The van der Waals surface area contributed by atoms with Gasteiger partial charge in [-0.2, -0.15) is 10.5 Å². The van der Waals surface area contributed by atoms with Crippen molar-refractivity contribution in [2.45, 2.75) is 45.2 Å². The Balaban J connectivity index is 2.36. The second kappa shape index (κ2) is 6.96. The van der Waals surface area contributed by atoms with Gasteiger partial charge in [0.15, 0.2) is 0 Å². The van der Waals surface area contributed by atoms with Crippen molar-refractivity contribution in [3.05, 3.63) is 21.8 Å². The second-order valence-electron chi connectivity index (χ2n) is 5.75. The molecule has 2 rings (SSSR count). The number of hydrogen-bond donors (Lipinski definition) is 1. The van der Waals surface area contributed by atoms with Gasteiger partial charge in [0, 0.05) is 25.7 Å². The maximum Gasteiger partial charge on any atom is 0.149 e. The third kappa shape index (κ3) is 3.16. The molecule has 6 heteroatoms. The highest BCUT2D eigenvalue weighted by molar-refractivity contribution is 6.30. The summed E-state index contributed by atoms with van der Waals surface area (Å²) in [6.45, 7) is 4.85. The summed E-state index contributed by atoms with van der Waals surface area (Å²) in [7, 11) is 1.91. The number of nitrogens with one attached hydrogen (secondary N) is 1. The molecule has 0 amide bonds. The highest BCUT2D eigenvalue weighted by atomic mass is 35.5. The molecule has 0 radical (unpaired) electrons. The summed E-state index contributed by atoms with van der Waals surface area (Å²) in [6.07, 6.45) is 2.84. The summed E-state index contributed by atoms with van der Waals surface area (Å²) < 4.78 is 0. The summed E-state index contributed by atoms with van der Waals surface area (Å²) in [5.41, 5.74) is 1.45. The van der Waals surface area contributed by atoms with Crippen LogP contribution in [0.3, 0.4) is 0 Å². The van der Waals surface area contributed by atoms with Crippen LogP contribution >= 0.6 is 11.6 Å². The quantitative estimate of drug-likeness (QED) is 0.864. The van der Waals surface area contributed by atoms with Gasteiger partial charge in [-0.3, -0.25) is 0 Å². The maximum absolute atomic E-state index is 9.51. The average molecular weight is 318 g/mol. The Bertz CT molecular complexity index is 643. The third-order valence-electron chi connectivity index (χ3n) is 4.14. The first-order valence-electron chi connectivity index (χ1n) is 7.51. The van der Waals surface area contributed by atoms with Crippen LogP contribution in [0.5, 0.6) is 0 Å². The zero-order valence-corrected chi connectivity index (χ0v) is 13.9. The number of nitrogens with zero attached hydrogens (tertiary/aromatic N) is 4. The van der Waals surface area contributed by atoms with Gasteiger partial charge in [-0.1, -0.05) is 18.5 Å². The van der Waals surface area contributed by atoms with E-state index in [2.05, 4.69) is 29.4 Å². The van der Waals surface area contributed by atoms with Gasteiger partial charge in [0.1, 0.15) is 23.1 Å². The first-order chi connectivity index (χ1) is 10.5. The van der Waals surface area contributed by atoms with E-state index in [9.17, 15) is 10.5 Å². The summed E-state index contributed by atoms with van der Waals surface area (Å²) in [4.78, 5) is 6.26. The smallest absolute Gasteiger partial charge is 0.149 e. The Kier molecular flexibility index (Phi) is 5.24. The number of likely N-dealkylation sites (N-methyl/N-ethyl adjacent to an activating group) is 1. The lowest BCUT2D eigenvalue weighted by atomic mass is 10.0. The lowest BCUT2D eigenvalue weighted by Gasteiger charge is -2.25. The fraction of sp³-hybridized carbons (Fsp3) is 0.562. The molecule has 0 saturated carbocycles. The molecule has 0 aromatic carbocycles. The van der Waals surface area contributed by atoms with Gasteiger partial charge in [-0.25, -0.2) is 4.98 Å². The standard InChI is InChI=1S/C16H20ClN5/c1-4-12-13(7-18)15(17)21-16(14(12)8-19)22(3)9-11-6-5-10(2)20-11/h10-11,20H,4-6,9H2,1-3H3. The SMILES string of the molecule is CCc1c(C#N)c(Cl)nc(N(C)CC2CCC(C)N2)c1C#N. The minimum absolute atomic E-state index is 0.174. The number of aromatic nitrogens is 1. The Labute approximate surface area is 136 Å². The van der Waals surface area contributed by atoms with Crippen molar-refractivity contribution >= 4 is 17.4 Å². The number of rotatable bonds is 4. The van der Waals surface area contributed by atoms with E-state index < -0.39 is 0 Å². The van der Waals surface area contributed by atoms with Crippen LogP contribution in [0.25, 0.3) is 0 Å². The molecule has 0 aliphatic carbocycles. The van der Waals surface area contributed by atoms with Crippen LogP contribution < -0.4 is 10.2 Å². The van der Waals surface area contributed by atoms with Crippen molar-refractivity contribution in [1.29, 1.82) is 10.5 Å². The molecule has 2 heterocycles. The molecule has 1 aromatic rings. The van der Waals surface area contributed by atoms with Gasteiger partial charge in [-0.15, -0.1) is 0 Å². The van der Waals surface area contributed by atoms with E-state index in [0.717, 1.165) is 19.4 Å². The molecule has 1 fully saturated rings. The summed E-state index contributed by atoms with van der Waals surface area (Å²) in [5.74, 6) is 0.560. The maximum atomic E-state index is 9.51. The van der Waals surface area contributed by atoms with Gasteiger partial charge in [-0.05, 0) is 31.7 Å². The lowest BCUT2D eigenvalue weighted by Crippen LogP contribution is -2.38. The molecular formula is C16H20ClN5. The van der Waals surface area contributed by atoms with Crippen LogP contribution in [0.15, 0.2) is 0 Å². The molecule has 1 aliphatic heterocycles. The molecule has 1 aliphatic rings. The molecule has 2 unspecified atom stereocenters. The van der Waals surface area contributed by atoms with Crippen molar-refractivity contribution in [1.82, 2.24) is 10.3 Å². The Hall–Kier alpha value is -1.82. The number of pyridine rings is 1. The van der Waals surface area contributed by atoms with Gasteiger partial charge in [0.25, 0.3) is 0 Å². The normalized spacial score (nSPS) is 20.5. The fourth-order valence-corrected chi connectivity index (χ4v) is 3.27. The Morgan fingerprint density at radius 2 is 2.00 bits per heavy atom. The van der Waals surface area contributed by atoms with E-state index in [1.165, 1.54) is 0 Å². The van der Waals surface area contributed by atoms with E-state index in [0.29, 0.717) is 41.0 Å². The van der Waals surface area contributed by atoms with E-state index in [4.69, 9.17) is 11.6 Å². The van der Waals surface area contributed by atoms with Gasteiger partial charge >= 0.3 is 0 Å². The lowest BCUT2D eigenvalue weighted by molar-refractivity contribution is 0.557. The molecule has 1 saturated heterocycles. The molecule has 5 nitrogen and oxygen atoms in total. The van der Waals surface area contributed by atoms with Crippen molar-refractivity contribution in [3.8, 4) is 12.1 Å². The van der Waals surface area contributed by atoms with Crippen molar-refractivity contribution in [2.75, 3.05) is 18.5 Å². The Morgan fingerprint density at radius 3 is 2.50 bits per heavy atom. The van der Waals surface area contributed by atoms with E-state index >= 15 is 0 Å². The van der Waals surface area contributed by atoms with Crippen LogP contribution in [-0.2, 0) is 6.42 Å². The first kappa shape index (κ1) is 16.5. The first-order valence-corrected chi connectivity index (χ1v) is 7.89. The largest absolute Gasteiger partial charge is 0.357 e. The van der Waals surface area contributed by atoms with Crippen LogP contribution in [0.1, 0.15) is 43.4 Å². The van der Waals surface area contributed by atoms with Crippen molar-refractivity contribution < 1.29 is 0 Å². The third-order valence-corrected chi connectivity index (χ3v) is 4.41. The van der Waals surface area contributed by atoms with Crippen LogP contribution in [0.4, 0.5) is 5.82 Å². The van der Waals surface area contributed by atoms with Gasteiger partial charge in [0.2, 0.25) is 0 Å². The molecule has 116 valence electrons. The zero-order chi connectivity index (χ0) is 16.3. The average Bonchev–Trinajstić information content (AvgIpc) is 2.90. The molecule has 0 bridgehead atoms. The molecular weight excluding hydrogens is 298 g/mol. The molecule has 1 aromatic heterocycles. The summed E-state index contributed by atoms with van der Waals surface area (Å²) >= 11 is 6.14. The summed E-state index contributed by atoms with van der Waals surface area (Å²) in [6, 6.07) is 5.16. The molecule has 22 heavy (non-hydrogen) atoms. The van der Waals surface area contributed by atoms with Crippen molar-refractivity contribution in [3.63, 3.8) is 0 Å². The topological polar surface area (TPSA) is 75.7 Å². The van der Waals surface area contributed by atoms with Gasteiger partial charge < -0.3 is 10.2 Å². The summed E-state index contributed by atoms with van der Waals surface area (Å²) in [5, 5.41) is 22.4. The highest BCUT2D eigenvalue weighted by Crippen LogP contribution is 2.29. The highest BCUT2D eigenvalue weighted by Gasteiger charge is 2.25. The van der Waals surface area contributed by atoms with E-state index in [1.807, 2.05) is 18.9 Å². The predicted octanol–water partition coefficient (Wildman–Crippen LogP) is 2.62. The molecule has 2 atom stereocenters. The second-order valence-corrected chi connectivity index (χ2v) is 6.11. The number of nitriles is 2. The molecule has 1 N–H and O–H groups in total.